The zero-order valence-corrected chi connectivity index (χ0v) is 7.63. The van der Waals surface area contributed by atoms with Crippen molar-refractivity contribution in [3.63, 3.8) is 0 Å². The number of aromatic nitrogens is 1. The van der Waals surface area contributed by atoms with Gasteiger partial charge in [-0.15, -0.1) is 0 Å². The lowest BCUT2D eigenvalue weighted by atomic mass is 10.2. The molecule has 0 fully saturated rings. The summed E-state index contributed by atoms with van der Waals surface area (Å²) in [5.41, 5.74) is -0.157. The van der Waals surface area contributed by atoms with Crippen LogP contribution in [-0.4, -0.2) is 14.2 Å². The Hall–Kier alpha value is -1.49. The van der Waals surface area contributed by atoms with E-state index >= 15 is 0 Å². The van der Waals surface area contributed by atoms with Crippen molar-refractivity contribution in [2.45, 2.75) is 0 Å². The van der Waals surface area contributed by atoms with E-state index in [2.05, 4.69) is 0 Å². The summed E-state index contributed by atoms with van der Waals surface area (Å²) in [6, 6.07) is 2.67. The van der Waals surface area contributed by atoms with E-state index in [4.69, 9.17) is 10.2 Å². The van der Waals surface area contributed by atoms with Crippen LogP contribution in [0.1, 0.15) is 0 Å². The molecule has 1 heterocycles. The van der Waals surface area contributed by atoms with Gasteiger partial charge >= 0.3 is 0 Å². The van der Waals surface area contributed by atoms with Gasteiger partial charge in [-0.1, -0.05) is 11.5 Å². The Bertz CT molecular complexity index is 526. The molecule has 0 saturated heterocycles. The Morgan fingerprint density at radius 2 is 1.92 bits per heavy atom. The fraction of sp³-hybridized carbons (Fsp3) is 0.125. The van der Waals surface area contributed by atoms with Gasteiger partial charge in [-0.05, 0) is 6.07 Å². The number of fused-ring (bicyclic) bond motifs is 1. The molecule has 2 rings (SSSR count). The second-order valence-corrected chi connectivity index (χ2v) is 3.90. The monoisotopic (exact) mass is 197 g/mol. The predicted octanol–water partition coefficient (Wildman–Crippen LogP) is 1.01. The standard InChI is InChI=1S/C8H7NO3S/c1-9-8(12)4-2-5(10)6(11)3-7(4)13-9/h2-3,10-11H,1H3. The van der Waals surface area contributed by atoms with Crippen LogP contribution >= 0.6 is 11.5 Å². The molecule has 0 bridgehead atoms. The Morgan fingerprint density at radius 1 is 1.31 bits per heavy atom. The summed E-state index contributed by atoms with van der Waals surface area (Å²) in [6.45, 7) is 0. The van der Waals surface area contributed by atoms with Crippen LogP contribution in [0.25, 0.3) is 10.1 Å². The van der Waals surface area contributed by atoms with Crippen molar-refractivity contribution in [1.29, 1.82) is 0 Å². The molecule has 0 unspecified atom stereocenters. The molecule has 4 nitrogen and oxygen atoms in total. The van der Waals surface area contributed by atoms with E-state index in [0.29, 0.717) is 10.1 Å². The molecule has 0 atom stereocenters. The highest BCUT2D eigenvalue weighted by Crippen LogP contribution is 2.30. The lowest BCUT2D eigenvalue weighted by Gasteiger charge is -1.94. The molecule has 2 aromatic rings. The molecular formula is C8H7NO3S. The lowest BCUT2D eigenvalue weighted by Crippen LogP contribution is -2.07. The third-order valence-corrected chi connectivity index (χ3v) is 2.80. The molecule has 1 aromatic carbocycles. The van der Waals surface area contributed by atoms with Crippen LogP contribution in [0.2, 0.25) is 0 Å². The van der Waals surface area contributed by atoms with Crippen molar-refractivity contribution in [2.75, 3.05) is 0 Å². The van der Waals surface area contributed by atoms with Crippen LogP contribution in [0, 0.1) is 0 Å². The van der Waals surface area contributed by atoms with Gasteiger partial charge in [0, 0.05) is 13.1 Å². The first-order chi connectivity index (χ1) is 6.09. The van der Waals surface area contributed by atoms with E-state index in [0.717, 1.165) is 0 Å². The Kier molecular flexibility index (Phi) is 1.56. The number of aryl methyl sites for hydroxylation is 1. The van der Waals surface area contributed by atoms with Gasteiger partial charge in [0.2, 0.25) is 0 Å². The highest BCUT2D eigenvalue weighted by molar-refractivity contribution is 7.13. The number of benzene rings is 1. The van der Waals surface area contributed by atoms with Crippen molar-refractivity contribution >= 4 is 21.6 Å². The SMILES string of the molecule is Cn1sc2cc(O)c(O)cc2c1=O. The number of hydrogen-bond donors (Lipinski definition) is 2. The van der Waals surface area contributed by atoms with Crippen molar-refractivity contribution in [1.82, 2.24) is 3.96 Å². The number of hydrogen-bond acceptors (Lipinski definition) is 4. The summed E-state index contributed by atoms with van der Waals surface area (Å²) >= 11 is 1.23. The van der Waals surface area contributed by atoms with E-state index in [-0.39, 0.29) is 17.1 Å². The zero-order chi connectivity index (χ0) is 9.59. The molecule has 0 saturated carbocycles. The van der Waals surface area contributed by atoms with Crippen LogP contribution in [0.5, 0.6) is 11.5 Å². The molecule has 1 aromatic heterocycles. The van der Waals surface area contributed by atoms with Crippen LogP contribution < -0.4 is 5.56 Å². The van der Waals surface area contributed by atoms with Crippen LogP contribution in [0.4, 0.5) is 0 Å². The number of nitrogens with zero attached hydrogens (tertiary/aromatic N) is 1. The summed E-state index contributed by atoms with van der Waals surface area (Å²) in [4.78, 5) is 11.4. The molecule has 0 amide bonds. The predicted molar refractivity (Wildman–Crippen MR) is 50.4 cm³/mol. The van der Waals surface area contributed by atoms with Crippen molar-refractivity contribution in [3.8, 4) is 11.5 Å². The van der Waals surface area contributed by atoms with Crippen LogP contribution in [0.3, 0.4) is 0 Å². The van der Waals surface area contributed by atoms with Gasteiger partial charge in [0.1, 0.15) is 0 Å². The van der Waals surface area contributed by atoms with Gasteiger partial charge in [0.25, 0.3) is 5.56 Å². The smallest absolute Gasteiger partial charge is 0.268 e. The maximum Gasteiger partial charge on any atom is 0.268 e. The second-order valence-electron chi connectivity index (χ2n) is 2.73. The molecule has 0 aliphatic rings. The molecule has 0 radical (unpaired) electrons. The molecule has 5 heteroatoms. The van der Waals surface area contributed by atoms with E-state index in [9.17, 15) is 4.79 Å². The largest absolute Gasteiger partial charge is 0.504 e. The summed E-state index contributed by atoms with van der Waals surface area (Å²) in [6.07, 6.45) is 0. The van der Waals surface area contributed by atoms with Crippen LogP contribution in [-0.2, 0) is 7.05 Å². The maximum atomic E-state index is 11.4. The summed E-state index contributed by atoms with van der Waals surface area (Å²) in [5.74, 6) is -0.461. The third-order valence-electron chi connectivity index (χ3n) is 1.83. The van der Waals surface area contributed by atoms with Crippen LogP contribution in [0.15, 0.2) is 16.9 Å². The van der Waals surface area contributed by atoms with Crippen molar-refractivity contribution < 1.29 is 10.2 Å². The van der Waals surface area contributed by atoms with Gasteiger partial charge in [-0.25, -0.2) is 0 Å². The zero-order valence-electron chi connectivity index (χ0n) is 6.81. The molecular weight excluding hydrogens is 190 g/mol. The van der Waals surface area contributed by atoms with Gasteiger partial charge in [0.15, 0.2) is 11.5 Å². The third kappa shape index (κ3) is 1.08. The minimum absolute atomic E-state index is 0.157. The van der Waals surface area contributed by atoms with Gasteiger partial charge in [0.05, 0.1) is 10.1 Å². The molecule has 0 spiro atoms. The summed E-state index contributed by atoms with van der Waals surface area (Å²) in [5, 5.41) is 18.8. The van der Waals surface area contributed by atoms with Crippen molar-refractivity contribution in [2.24, 2.45) is 7.05 Å². The number of aromatic hydroxyl groups is 2. The quantitative estimate of drug-likeness (QED) is 0.619. The Labute approximate surface area is 77.4 Å². The Morgan fingerprint density at radius 3 is 2.62 bits per heavy atom. The van der Waals surface area contributed by atoms with E-state index in [1.54, 1.807) is 7.05 Å². The minimum atomic E-state index is -0.261. The van der Waals surface area contributed by atoms with E-state index in [1.807, 2.05) is 0 Å². The summed E-state index contributed by atoms with van der Waals surface area (Å²) in [7, 11) is 1.64. The normalized spacial score (nSPS) is 10.8. The number of rotatable bonds is 0. The lowest BCUT2D eigenvalue weighted by molar-refractivity contribution is 0.405. The maximum absolute atomic E-state index is 11.4. The molecule has 68 valence electrons. The fourth-order valence-electron chi connectivity index (χ4n) is 1.16. The highest BCUT2D eigenvalue weighted by Gasteiger charge is 2.08. The average Bonchev–Trinajstić information content (AvgIpc) is 2.32. The number of phenols is 2. The molecule has 0 aliphatic carbocycles. The average molecular weight is 197 g/mol. The van der Waals surface area contributed by atoms with Gasteiger partial charge in [-0.2, -0.15) is 0 Å². The first-order valence-corrected chi connectivity index (χ1v) is 4.39. The molecule has 13 heavy (non-hydrogen) atoms. The van der Waals surface area contributed by atoms with E-state index < -0.39 is 0 Å². The summed E-state index contributed by atoms with van der Waals surface area (Å²) < 4.78 is 2.12. The topological polar surface area (TPSA) is 62.5 Å². The Balaban J connectivity index is 2.97. The highest BCUT2D eigenvalue weighted by atomic mass is 32.1. The van der Waals surface area contributed by atoms with E-state index in [1.165, 1.54) is 27.6 Å². The molecule has 0 aliphatic heterocycles. The minimum Gasteiger partial charge on any atom is -0.504 e. The first-order valence-electron chi connectivity index (χ1n) is 3.61. The molecule has 2 N–H and O–H groups in total. The fourth-order valence-corrected chi connectivity index (χ4v) is 2.04. The first kappa shape index (κ1) is 8.12. The van der Waals surface area contributed by atoms with Gasteiger partial charge < -0.3 is 10.2 Å². The second kappa shape index (κ2) is 2.50. The number of phenolic OH excluding ortho intramolecular Hbond substituents is 2. The van der Waals surface area contributed by atoms with Crippen molar-refractivity contribution in [3.05, 3.63) is 22.5 Å². The van der Waals surface area contributed by atoms with Gasteiger partial charge in [-0.3, -0.25) is 8.75 Å².